The van der Waals surface area contributed by atoms with Crippen molar-refractivity contribution in [1.29, 1.82) is 0 Å². The van der Waals surface area contributed by atoms with Gasteiger partial charge >= 0.3 is 11.9 Å². The van der Waals surface area contributed by atoms with Crippen molar-refractivity contribution in [2.75, 3.05) is 52.9 Å². The van der Waals surface area contributed by atoms with E-state index >= 15 is 0 Å². The fourth-order valence-electron chi connectivity index (χ4n) is 4.55. The summed E-state index contributed by atoms with van der Waals surface area (Å²) in [5.74, 6) is -0.943. The predicted molar refractivity (Wildman–Crippen MR) is 158 cm³/mol. The van der Waals surface area contributed by atoms with E-state index in [-0.39, 0.29) is 37.5 Å². The quantitative estimate of drug-likeness (QED) is 0.0727. The minimum Gasteiger partial charge on any atom is -0.460 e. The molecule has 0 spiro atoms. The van der Waals surface area contributed by atoms with Crippen LogP contribution in [0.5, 0.6) is 0 Å². The molecular formula is C32H31O9S+. The van der Waals surface area contributed by atoms with Gasteiger partial charge in [-0.3, -0.25) is 4.79 Å². The second kappa shape index (κ2) is 12.7. The van der Waals surface area contributed by atoms with Crippen LogP contribution in [0, 0.1) is 6.92 Å². The Labute approximate surface area is 244 Å². The molecule has 3 heterocycles. The number of hydrogen-bond acceptors (Lipinski definition) is 9. The van der Waals surface area contributed by atoms with Crippen LogP contribution in [0.25, 0.3) is 25.1 Å². The van der Waals surface area contributed by atoms with Gasteiger partial charge in [0.15, 0.2) is 14.3 Å². The molecule has 3 unspecified atom stereocenters. The van der Waals surface area contributed by atoms with Crippen molar-refractivity contribution in [3.8, 4) is 4.90 Å². The molecule has 0 amide bonds. The Morgan fingerprint density at radius 1 is 0.738 bits per heavy atom. The molecule has 9 nitrogen and oxygen atoms in total. The number of esters is 2. The van der Waals surface area contributed by atoms with Crippen LogP contribution < -0.4 is 5.43 Å². The van der Waals surface area contributed by atoms with Crippen molar-refractivity contribution >= 4 is 42.6 Å². The van der Waals surface area contributed by atoms with E-state index in [2.05, 4.69) is 0 Å². The second-order valence-electron chi connectivity index (χ2n) is 10.2. The Hall–Kier alpha value is -3.67. The van der Waals surface area contributed by atoms with Crippen molar-refractivity contribution < 1.29 is 38.0 Å². The van der Waals surface area contributed by atoms with Crippen LogP contribution >= 0.6 is 10.5 Å². The summed E-state index contributed by atoms with van der Waals surface area (Å²) >= 11 is 0. The maximum Gasteiger partial charge on any atom is 0.338 e. The summed E-state index contributed by atoms with van der Waals surface area (Å²) in [5, 5.41) is 1.06. The number of hydrogen-bond donors (Lipinski definition) is 0. The average Bonchev–Trinajstić information content (AvgIpc) is 3.93. The Balaban J connectivity index is 1.24. The van der Waals surface area contributed by atoms with Crippen molar-refractivity contribution in [1.82, 2.24) is 0 Å². The molecular weight excluding hydrogens is 560 g/mol. The average molecular weight is 592 g/mol. The zero-order chi connectivity index (χ0) is 29.1. The second-order valence-corrected chi connectivity index (χ2v) is 12.2. The first-order chi connectivity index (χ1) is 20.5. The zero-order valence-corrected chi connectivity index (χ0v) is 24.0. The minimum absolute atomic E-state index is 0.111. The van der Waals surface area contributed by atoms with Crippen LogP contribution in [-0.4, -0.2) is 77.0 Å². The van der Waals surface area contributed by atoms with E-state index in [1.165, 1.54) is 0 Å². The number of carbonyl (C=O) groups is 2. The summed E-state index contributed by atoms with van der Waals surface area (Å²) in [7, 11) is -0.634. The first kappa shape index (κ1) is 28.4. The molecule has 2 saturated heterocycles. The topological polar surface area (TPSA) is 113 Å². The summed E-state index contributed by atoms with van der Waals surface area (Å²) in [4.78, 5) is 39.9. The SMILES string of the molecule is Cc1ccc2c(=O)c3cc(C(=O)OCCOCC4CO4)ccc3[s+](-c3ccc(C(=O)OCCOCC4CO4)cc3)c2c1. The molecule has 0 bridgehead atoms. The predicted octanol–water partition coefficient (Wildman–Crippen LogP) is 4.54. The monoisotopic (exact) mass is 591 g/mol. The van der Waals surface area contributed by atoms with Gasteiger partial charge in [0.25, 0.3) is 0 Å². The van der Waals surface area contributed by atoms with E-state index < -0.39 is 22.4 Å². The summed E-state index contributed by atoms with van der Waals surface area (Å²) in [5.41, 5.74) is 1.63. The Morgan fingerprint density at radius 3 is 1.95 bits per heavy atom. The number of benzene rings is 3. The number of carbonyl (C=O) groups excluding carboxylic acids is 2. The minimum atomic E-state index is -0.634. The van der Waals surface area contributed by atoms with Crippen LogP contribution in [0.4, 0.5) is 0 Å². The molecule has 2 aliphatic rings. The third-order valence-electron chi connectivity index (χ3n) is 6.94. The molecule has 0 N–H and O–H groups in total. The molecule has 0 aliphatic carbocycles. The van der Waals surface area contributed by atoms with Gasteiger partial charge in [0.2, 0.25) is 5.43 Å². The summed E-state index contributed by atoms with van der Waals surface area (Å²) in [6.45, 7) is 5.27. The van der Waals surface area contributed by atoms with E-state index in [0.717, 1.165) is 26.5 Å². The highest BCUT2D eigenvalue weighted by Gasteiger charge is 2.26. The van der Waals surface area contributed by atoms with Gasteiger partial charge in [-0.2, -0.15) is 0 Å². The molecule has 42 heavy (non-hydrogen) atoms. The molecule has 3 atom stereocenters. The maximum absolute atomic E-state index is 13.6. The molecule has 6 rings (SSSR count). The van der Waals surface area contributed by atoms with Gasteiger partial charge in [0.1, 0.15) is 25.4 Å². The van der Waals surface area contributed by atoms with Crippen molar-refractivity contribution in [2.24, 2.45) is 0 Å². The first-order valence-corrected chi connectivity index (χ1v) is 15.1. The van der Waals surface area contributed by atoms with Crippen LogP contribution in [0.15, 0.2) is 65.5 Å². The van der Waals surface area contributed by atoms with Gasteiger partial charge in [0, 0.05) is 16.5 Å². The van der Waals surface area contributed by atoms with Crippen LogP contribution in [0.2, 0.25) is 0 Å². The van der Waals surface area contributed by atoms with E-state index in [1.807, 2.05) is 43.3 Å². The van der Waals surface area contributed by atoms with Gasteiger partial charge in [-0.25, -0.2) is 9.59 Å². The zero-order valence-electron chi connectivity index (χ0n) is 23.2. The third-order valence-corrected chi connectivity index (χ3v) is 9.26. The summed E-state index contributed by atoms with van der Waals surface area (Å²) in [6.07, 6.45) is 0.316. The fraction of sp³-hybridized carbons (Fsp3) is 0.344. The number of fused-ring (bicyclic) bond motifs is 2. The molecule has 4 aromatic rings. The molecule has 3 aromatic carbocycles. The summed E-state index contributed by atoms with van der Waals surface area (Å²) in [6, 6.07) is 18.2. The van der Waals surface area contributed by atoms with Crippen LogP contribution in [-0.2, 0) is 28.4 Å². The highest BCUT2D eigenvalue weighted by atomic mass is 32.2. The Morgan fingerprint density at radius 2 is 1.33 bits per heavy atom. The number of epoxide rings is 2. The molecule has 0 saturated carbocycles. The van der Waals surface area contributed by atoms with E-state index in [9.17, 15) is 14.4 Å². The van der Waals surface area contributed by atoms with Gasteiger partial charge in [-0.15, -0.1) is 0 Å². The van der Waals surface area contributed by atoms with Gasteiger partial charge in [-0.1, -0.05) is 6.07 Å². The van der Waals surface area contributed by atoms with E-state index in [1.54, 1.807) is 24.3 Å². The lowest BCUT2D eigenvalue weighted by Crippen LogP contribution is -2.13. The van der Waals surface area contributed by atoms with Crippen molar-refractivity contribution in [3.63, 3.8) is 0 Å². The standard InChI is InChI=1S/C32H31O9S/c1-20-2-8-26-29(14-20)42(25-6-3-21(4-7-25)31(34)38-12-10-36-16-23-18-40-23)28-9-5-22(15-27(28)30(26)33)32(35)39-13-11-37-17-24-19-41-24/h2-9,14-15,23-24H,10-13,16-19H2,1H3/q+1. The first-order valence-electron chi connectivity index (χ1n) is 13.8. The number of aryl methyl sites for hydroxylation is 1. The van der Waals surface area contributed by atoms with Crippen LogP contribution in [0.1, 0.15) is 26.3 Å². The van der Waals surface area contributed by atoms with E-state index in [4.69, 9.17) is 28.4 Å². The number of rotatable bonds is 13. The smallest absolute Gasteiger partial charge is 0.338 e. The normalized spacial score (nSPS) is 17.8. The molecule has 0 radical (unpaired) electrons. The Kier molecular flexibility index (Phi) is 8.59. The van der Waals surface area contributed by atoms with Gasteiger partial charge in [0.05, 0.1) is 61.5 Å². The largest absolute Gasteiger partial charge is 0.460 e. The molecule has 2 aliphatic heterocycles. The lowest BCUT2D eigenvalue weighted by Gasteiger charge is -2.08. The molecule has 10 heteroatoms. The van der Waals surface area contributed by atoms with Gasteiger partial charge in [-0.05, 0) is 61.0 Å². The van der Waals surface area contributed by atoms with Crippen molar-refractivity contribution in [2.45, 2.75) is 19.1 Å². The number of ether oxygens (including phenoxy) is 6. The maximum atomic E-state index is 13.6. The van der Waals surface area contributed by atoms with Crippen LogP contribution in [0.3, 0.4) is 0 Å². The fourth-order valence-corrected chi connectivity index (χ4v) is 6.97. The third kappa shape index (κ3) is 6.69. The lowest BCUT2D eigenvalue weighted by molar-refractivity contribution is 0.0290. The highest BCUT2D eigenvalue weighted by molar-refractivity contribution is 7.49. The highest BCUT2D eigenvalue weighted by Crippen LogP contribution is 2.43. The molecule has 218 valence electrons. The lowest BCUT2D eigenvalue weighted by atomic mass is 10.1. The van der Waals surface area contributed by atoms with E-state index in [0.29, 0.717) is 48.3 Å². The summed E-state index contributed by atoms with van der Waals surface area (Å²) < 4.78 is 33.5. The molecule has 2 fully saturated rings. The molecule has 1 aromatic heterocycles. The Bertz CT molecular complexity index is 1670. The van der Waals surface area contributed by atoms with Gasteiger partial charge < -0.3 is 28.4 Å². The van der Waals surface area contributed by atoms with Crippen molar-refractivity contribution in [3.05, 3.63) is 87.6 Å².